The number of nitrogens with one attached hydrogen (secondary N) is 2. The minimum atomic E-state index is 0.477. The van der Waals surface area contributed by atoms with E-state index in [1.807, 2.05) is 66.7 Å². The minimum absolute atomic E-state index is 0.477. The maximum Gasteiger partial charge on any atom is 0.101 e. The molecule has 0 aliphatic carbocycles. The average Bonchev–Trinajstić information content (AvgIpc) is 2.78. The van der Waals surface area contributed by atoms with E-state index in [2.05, 4.69) is 17.2 Å². The number of nitrogens with two attached hydrogens (primary N) is 2. The summed E-state index contributed by atoms with van der Waals surface area (Å²) in [6.07, 6.45) is 3.52. The maximum absolute atomic E-state index is 6.11. The molecule has 3 aromatic rings. The number of benzene rings is 3. The zero-order valence-corrected chi connectivity index (χ0v) is 18.4. The molecular formula is C25H24Cl2N4. The summed E-state index contributed by atoms with van der Waals surface area (Å²) in [5, 5.41) is 7.54. The molecule has 6 N–H and O–H groups in total. The van der Waals surface area contributed by atoms with E-state index in [1.54, 1.807) is 18.2 Å². The first-order valence-corrected chi connectivity index (χ1v) is 10.4. The lowest BCUT2D eigenvalue weighted by molar-refractivity contribution is 0.892. The average molecular weight is 451 g/mol. The van der Waals surface area contributed by atoms with Crippen LogP contribution in [0.1, 0.15) is 16.7 Å². The van der Waals surface area contributed by atoms with E-state index in [9.17, 15) is 0 Å². The Morgan fingerprint density at radius 1 is 0.839 bits per heavy atom. The zero-order chi connectivity index (χ0) is 22.2. The Hall–Kier alpha value is -3.34. The van der Waals surface area contributed by atoms with Gasteiger partial charge in [0.15, 0.2) is 0 Å². The summed E-state index contributed by atoms with van der Waals surface area (Å²) in [6, 6.07) is 23.1. The van der Waals surface area contributed by atoms with Crippen LogP contribution in [0, 0.1) is 0 Å². The molecule has 3 aromatic carbocycles. The van der Waals surface area contributed by atoms with Gasteiger partial charge in [-0.25, -0.2) is 0 Å². The third-order valence-corrected chi connectivity index (χ3v) is 5.28. The molecule has 0 aliphatic rings. The van der Waals surface area contributed by atoms with Gasteiger partial charge in [-0.15, -0.1) is 0 Å². The highest BCUT2D eigenvalue weighted by atomic mass is 35.5. The third kappa shape index (κ3) is 6.57. The molecule has 0 unspecified atom stereocenters. The molecule has 0 atom stereocenters. The second-order valence-corrected chi connectivity index (χ2v) is 7.71. The van der Waals surface area contributed by atoms with Crippen LogP contribution in [0.25, 0.3) is 11.4 Å². The Kier molecular flexibility index (Phi) is 7.65. The quantitative estimate of drug-likeness (QED) is 0.319. The van der Waals surface area contributed by atoms with E-state index in [0.717, 1.165) is 28.1 Å². The van der Waals surface area contributed by atoms with E-state index in [-0.39, 0.29) is 0 Å². The van der Waals surface area contributed by atoms with Crippen LogP contribution in [0.4, 0.5) is 5.69 Å². The molecule has 4 nitrogen and oxygen atoms in total. The standard InChI is InChI=1S/C25H24Cl2N4/c1-17(30-16-18-10-11-22(26)23(27)14-18)20-8-5-9-21(15-20)31-25(29)13-12-24(28)19-6-3-2-4-7-19/h2-15,30-31H,1,16,28-29H2/b24-12-,25-13+. The van der Waals surface area contributed by atoms with Crippen LogP contribution in [0.3, 0.4) is 0 Å². The van der Waals surface area contributed by atoms with Gasteiger partial charge in [0.1, 0.15) is 5.82 Å². The molecule has 0 bridgehead atoms. The summed E-state index contributed by atoms with van der Waals surface area (Å²) in [5.41, 5.74) is 17.4. The van der Waals surface area contributed by atoms with Gasteiger partial charge in [-0.1, -0.05) is 78.3 Å². The van der Waals surface area contributed by atoms with Crippen molar-refractivity contribution in [1.82, 2.24) is 5.32 Å². The Labute approximate surface area is 192 Å². The lowest BCUT2D eigenvalue weighted by atomic mass is 10.1. The summed E-state index contributed by atoms with van der Waals surface area (Å²) in [5.74, 6) is 0.477. The van der Waals surface area contributed by atoms with Crippen molar-refractivity contribution in [3.05, 3.63) is 124 Å². The number of rotatable bonds is 8. The number of anilines is 1. The second kappa shape index (κ2) is 10.6. The molecule has 0 saturated heterocycles. The third-order valence-electron chi connectivity index (χ3n) is 4.54. The van der Waals surface area contributed by atoms with Crippen LogP contribution in [0.2, 0.25) is 10.0 Å². The fourth-order valence-electron chi connectivity index (χ4n) is 2.86. The van der Waals surface area contributed by atoms with Crippen LogP contribution in [-0.4, -0.2) is 0 Å². The SMILES string of the molecule is C=C(NCc1ccc(Cl)c(Cl)c1)c1cccc(N/C(N)=C/C=C(\N)c2ccccc2)c1. The fourth-order valence-corrected chi connectivity index (χ4v) is 3.18. The highest BCUT2D eigenvalue weighted by molar-refractivity contribution is 6.42. The molecule has 6 heteroatoms. The zero-order valence-electron chi connectivity index (χ0n) is 16.9. The molecule has 0 fully saturated rings. The Bertz CT molecular complexity index is 1120. The van der Waals surface area contributed by atoms with Gasteiger partial charge in [0, 0.05) is 23.6 Å². The van der Waals surface area contributed by atoms with Gasteiger partial charge in [-0.2, -0.15) is 0 Å². The predicted octanol–water partition coefficient (Wildman–Crippen LogP) is 5.97. The molecule has 0 amide bonds. The van der Waals surface area contributed by atoms with Gasteiger partial charge in [-0.3, -0.25) is 0 Å². The van der Waals surface area contributed by atoms with Crippen molar-refractivity contribution < 1.29 is 0 Å². The number of halogens is 2. The van der Waals surface area contributed by atoms with Gasteiger partial charge in [0.25, 0.3) is 0 Å². The van der Waals surface area contributed by atoms with Crippen molar-refractivity contribution in [3.63, 3.8) is 0 Å². The molecule has 3 rings (SSSR count). The molecule has 0 heterocycles. The summed E-state index contributed by atoms with van der Waals surface area (Å²) in [4.78, 5) is 0. The van der Waals surface area contributed by atoms with E-state index < -0.39 is 0 Å². The van der Waals surface area contributed by atoms with E-state index in [0.29, 0.717) is 28.1 Å². The highest BCUT2D eigenvalue weighted by Gasteiger charge is 2.03. The minimum Gasteiger partial charge on any atom is -0.398 e. The smallest absolute Gasteiger partial charge is 0.101 e. The Morgan fingerprint density at radius 3 is 2.32 bits per heavy atom. The first kappa shape index (κ1) is 22.3. The first-order valence-electron chi connectivity index (χ1n) is 9.65. The van der Waals surface area contributed by atoms with Crippen LogP contribution in [0.15, 0.2) is 97.3 Å². The molecular weight excluding hydrogens is 427 g/mol. The lowest BCUT2D eigenvalue weighted by Gasteiger charge is -2.13. The monoisotopic (exact) mass is 450 g/mol. The Morgan fingerprint density at radius 2 is 1.58 bits per heavy atom. The summed E-state index contributed by atoms with van der Waals surface area (Å²) in [6.45, 7) is 4.71. The van der Waals surface area contributed by atoms with Gasteiger partial charge in [0.05, 0.1) is 10.0 Å². The van der Waals surface area contributed by atoms with Crippen molar-refractivity contribution in [2.24, 2.45) is 11.5 Å². The number of hydrogen-bond acceptors (Lipinski definition) is 4. The van der Waals surface area contributed by atoms with Crippen molar-refractivity contribution in [1.29, 1.82) is 0 Å². The van der Waals surface area contributed by atoms with E-state index >= 15 is 0 Å². The maximum atomic E-state index is 6.11. The van der Waals surface area contributed by atoms with Crippen molar-refractivity contribution in [2.75, 3.05) is 5.32 Å². The van der Waals surface area contributed by atoms with Gasteiger partial charge >= 0.3 is 0 Å². The van der Waals surface area contributed by atoms with Gasteiger partial charge in [0.2, 0.25) is 0 Å². The first-order chi connectivity index (χ1) is 14.9. The van der Waals surface area contributed by atoms with Crippen LogP contribution in [-0.2, 0) is 6.54 Å². The van der Waals surface area contributed by atoms with Gasteiger partial charge in [-0.05, 0) is 53.1 Å². The molecule has 0 saturated carbocycles. The molecule has 0 aromatic heterocycles. The molecule has 0 spiro atoms. The van der Waals surface area contributed by atoms with Crippen LogP contribution in [0.5, 0.6) is 0 Å². The summed E-state index contributed by atoms with van der Waals surface area (Å²) >= 11 is 12.0. The largest absolute Gasteiger partial charge is 0.398 e. The van der Waals surface area contributed by atoms with E-state index in [1.165, 1.54) is 0 Å². The predicted molar refractivity (Wildman–Crippen MR) is 133 cm³/mol. The normalized spacial score (nSPS) is 11.8. The highest BCUT2D eigenvalue weighted by Crippen LogP contribution is 2.23. The van der Waals surface area contributed by atoms with Crippen molar-refractivity contribution in [3.8, 4) is 0 Å². The lowest BCUT2D eigenvalue weighted by Crippen LogP contribution is -2.12. The summed E-state index contributed by atoms with van der Waals surface area (Å²) in [7, 11) is 0. The fraction of sp³-hybridized carbons (Fsp3) is 0.0400. The summed E-state index contributed by atoms with van der Waals surface area (Å²) < 4.78 is 0. The van der Waals surface area contributed by atoms with E-state index in [4.69, 9.17) is 34.7 Å². The number of allylic oxidation sites excluding steroid dienone is 2. The number of hydrogen-bond donors (Lipinski definition) is 4. The molecule has 0 aliphatic heterocycles. The van der Waals surface area contributed by atoms with Crippen molar-refractivity contribution >= 4 is 40.3 Å². The molecule has 31 heavy (non-hydrogen) atoms. The van der Waals surface area contributed by atoms with Crippen molar-refractivity contribution in [2.45, 2.75) is 6.54 Å². The van der Waals surface area contributed by atoms with Gasteiger partial charge < -0.3 is 22.1 Å². The second-order valence-electron chi connectivity index (χ2n) is 6.90. The van der Waals surface area contributed by atoms with Crippen LogP contribution < -0.4 is 22.1 Å². The Balaban J connectivity index is 1.62. The van der Waals surface area contributed by atoms with Crippen LogP contribution >= 0.6 is 23.2 Å². The molecule has 158 valence electrons. The molecule has 0 radical (unpaired) electrons. The topological polar surface area (TPSA) is 76.1 Å².